The largest absolute Gasteiger partial charge is 0.324 e. The number of rotatable bonds is 5. The number of nitrogens with one attached hydrogen (secondary N) is 1. The first-order chi connectivity index (χ1) is 15.3. The molecule has 0 spiro atoms. The maximum absolute atomic E-state index is 13.4. The van der Waals surface area contributed by atoms with E-state index in [1.54, 1.807) is 54.6 Å². The minimum atomic E-state index is -0.295. The number of fused-ring (bicyclic) bond motifs is 1. The van der Waals surface area contributed by atoms with Crippen molar-refractivity contribution in [1.82, 2.24) is 9.55 Å². The molecule has 0 bridgehead atoms. The van der Waals surface area contributed by atoms with Crippen LogP contribution in [0.15, 0.2) is 70.6 Å². The minimum Gasteiger partial charge on any atom is -0.324 e. The molecule has 4 aromatic rings. The van der Waals surface area contributed by atoms with E-state index in [1.807, 2.05) is 13.0 Å². The summed E-state index contributed by atoms with van der Waals surface area (Å²) in [7, 11) is 0. The van der Waals surface area contributed by atoms with Crippen LogP contribution in [-0.2, 0) is 4.79 Å². The molecule has 0 aliphatic rings. The molecule has 4 rings (SSSR count). The fraction of sp³-hybridized carbons (Fsp3) is 0.0870. The van der Waals surface area contributed by atoms with Gasteiger partial charge < -0.3 is 5.32 Å². The van der Waals surface area contributed by atoms with Crippen molar-refractivity contribution in [2.45, 2.75) is 12.1 Å². The van der Waals surface area contributed by atoms with Crippen LogP contribution in [0.4, 0.5) is 5.69 Å². The summed E-state index contributed by atoms with van der Waals surface area (Å²) in [6.45, 7) is 1.84. The van der Waals surface area contributed by atoms with Crippen LogP contribution in [0.2, 0.25) is 15.1 Å². The molecular formula is C23H16Cl3N3O2S. The summed E-state index contributed by atoms with van der Waals surface area (Å²) in [4.78, 5) is 30.6. The molecule has 1 amide bonds. The van der Waals surface area contributed by atoms with E-state index in [9.17, 15) is 9.59 Å². The Morgan fingerprint density at radius 2 is 1.81 bits per heavy atom. The van der Waals surface area contributed by atoms with Gasteiger partial charge in [-0.25, -0.2) is 4.98 Å². The fourth-order valence-electron chi connectivity index (χ4n) is 3.17. The first kappa shape index (κ1) is 22.7. The number of hydrogen-bond donors (Lipinski definition) is 1. The van der Waals surface area contributed by atoms with Gasteiger partial charge in [0.25, 0.3) is 5.56 Å². The van der Waals surface area contributed by atoms with Crippen LogP contribution in [-0.4, -0.2) is 21.2 Å². The first-order valence-electron chi connectivity index (χ1n) is 9.50. The van der Waals surface area contributed by atoms with Gasteiger partial charge in [0.2, 0.25) is 5.91 Å². The van der Waals surface area contributed by atoms with E-state index in [1.165, 1.54) is 4.57 Å². The van der Waals surface area contributed by atoms with Gasteiger partial charge in [0.05, 0.1) is 33.1 Å². The van der Waals surface area contributed by atoms with Crippen molar-refractivity contribution in [3.8, 4) is 5.69 Å². The number of hydrogen-bond acceptors (Lipinski definition) is 4. The highest BCUT2D eigenvalue weighted by molar-refractivity contribution is 7.99. The Balaban J connectivity index is 1.70. The molecule has 0 radical (unpaired) electrons. The summed E-state index contributed by atoms with van der Waals surface area (Å²) in [5, 5.41) is 4.97. The van der Waals surface area contributed by atoms with E-state index in [-0.39, 0.29) is 17.2 Å². The molecule has 162 valence electrons. The van der Waals surface area contributed by atoms with Crippen LogP contribution in [0, 0.1) is 6.92 Å². The standard InChI is InChI=1S/C23H16Cl3N3O2S/c1-13-16(25)6-4-8-20(13)29-22(31)15-5-2-3-7-18(15)28-23(29)32-12-21(30)27-19-10-9-14(24)11-17(19)26/h2-11H,12H2,1H3,(H,27,30). The number of aromatic nitrogens is 2. The molecule has 1 heterocycles. The van der Waals surface area contributed by atoms with Crippen molar-refractivity contribution in [3.05, 3.63) is 91.6 Å². The molecule has 3 aromatic carbocycles. The zero-order valence-corrected chi connectivity index (χ0v) is 19.8. The number of benzene rings is 3. The summed E-state index contributed by atoms with van der Waals surface area (Å²) in [6, 6.07) is 17.3. The molecule has 0 saturated carbocycles. The third-order valence-corrected chi connectivity index (χ3v) is 6.66. The molecule has 0 unspecified atom stereocenters. The van der Waals surface area contributed by atoms with Crippen molar-refractivity contribution in [2.24, 2.45) is 0 Å². The molecule has 32 heavy (non-hydrogen) atoms. The van der Waals surface area contributed by atoms with Crippen LogP contribution in [0.25, 0.3) is 16.6 Å². The SMILES string of the molecule is Cc1c(Cl)cccc1-n1c(SCC(=O)Nc2ccc(Cl)cc2Cl)nc2ccccc2c1=O. The van der Waals surface area contributed by atoms with Crippen LogP contribution < -0.4 is 10.9 Å². The van der Waals surface area contributed by atoms with Crippen molar-refractivity contribution in [3.63, 3.8) is 0 Å². The lowest BCUT2D eigenvalue weighted by atomic mass is 10.2. The van der Waals surface area contributed by atoms with Crippen LogP contribution in [0.1, 0.15) is 5.56 Å². The van der Waals surface area contributed by atoms with Gasteiger partial charge in [-0.05, 0) is 55.0 Å². The molecule has 0 aliphatic carbocycles. The number of thioether (sulfide) groups is 1. The number of nitrogens with zero attached hydrogens (tertiary/aromatic N) is 2. The van der Waals surface area contributed by atoms with Crippen molar-refractivity contribution < 1.29 is 4.79 Å². The monoisotopic (exact) mass is 503 g/mol. The van der Waals surface area contributed by atoms with Gasteiger partial charge in [-0.2, -0.15) is 0 Å². The average Bonchev–Trinajstić information content (AvgIpc) is 2.77. The topological polar surface area (TPSA) is 64.0 Å². The smallest absolute Gasteiger partial charge is 0.266 e. The minimum absolute atomic E-state index is 0.0172. The molecule has 1 N–H and O–H groups in total. The Bertz CT molecular complexity index is 1410. The Morgan fingerprint density at radius 1 is 1.03 bits per heavy atom. The van der Waals surface area contributed by atoms with E-state index in [2.05, 4.69) is 10.3 Å². The number of amides is 1. The number of anilines is 1. The molecule has 0 atom stereocenters. The number of carbonyl (C=O) groups is 1. The van der Waals surface area contributed by atoms with Gasteiger partial charge in [0, 0.05) is 10.0 Å². The van der Waals surface area contributed by atoms with Gasteiger partial charge in [-0.1, -0.05) is 64.8 Å². The zero-order chi connectivity index (χ0) is 22.8. The number of carbonyl (C=O) groups excluding carboxylic acids is 1. The Morgan fingerprint density at radius 3 is 2.59 bits per heavy atom. The summed E-state index contributed by atoms with van der Waals surface area (Å²) in [5.74, 6) is -0.278. The van der Waals surface area contributed by atoms with Gasteiger partial charge in [-0.15, -0.1) is 0 Å². The van der Waals surface area contributed by atoms with Gasteiger partial charge in [0.1, 0.15) is 0 Å². The zero-order valence-electron chi connectivity index (χ0n) is 16.7. The number of halogens is 3. The first-order valence-corrected chi connectivity index (χ1v) is 11.6. The second-order valence-corrected chi connectivity index (χ2v) is 9.09. The maximum atomic E-state index is 13.4. The van der Waals surface area contributed by atoms with Crippen LogP contribution in [0.3, 0.4) is 0 Å². The summed E-state index contributed by atoms with van der Waals surface area (Å²) in [5.41, 5.74) is 2.13. The van der Waals surface area contributed by atoms with Crippen molar-refractivity contribution in [1.29, 1.82) is 0 Å². The third-order valence-electron chi connectivity index (χ3n) is 4.76. The van der Waals surface area contributed by atoms with Crippen molar-refractivity contribution >= 4 is 69.1 Å². The van der Waals surface area contributed by atoms with Gasteiger partial charge >= 0.3 is 0 Å². The predicted molar refractivity (Wildman–Crippen MR) is 133 cm³/mol. The average molecular weight is 505 g/mol. The molecule has 1 aromatic heterocycles. The molecule has 0 fully saturated rings. The lowest BCUT2D eigenvalue weighted by molar-refractivity contribution is -0.113. The van der Waals surface area contributed by atoms with E-state index in [0.29, 0.717) is 42.5 Å². The van der Waals surface area contributed by atoms with Crippen LogP contribution >= 0.6 is 46.6 Å². The highest BCUT2D eigenvalue weighted by atomic mass is 35.5. The highest BCUT2D eigenvalue weighted by Crippen LogP contribution is 2.28. The quantitative estimate of drug-likeness (QED) is 0.253. The lowest BCUT2D eigenvalue weighted by Gasteiger charge is -2.16. The summed E-state index contributed by atoms with van der Waals surface area (Å²) >= 11 is 19.5. The third kappa shape index (κ3) is 4.64. The Kier molecular flexibility index (Phi) is 6.76. The van der Waals surface area contributed by atoms with Gasteiger partial charge in [0.15, 0.2) is 5.16 Å². The second-order valence-electron chi connectivity index (χ2n) is 6.90. The normalized spacial score (nSPS) is 11.0. The summed E-state index contributed by atoms with van der Waals surface area (Å²) in [6.07, 6.45) is 0. The molecule has 0 aliphatic heterocycles. The van der Waals surface area contributed by atoms with E-state index in [4.69, 9.17) is 34.8 Å². The highest BCUT2D eigenvalue weighted by Gasteiger charge is 2.17. The molecule has 9 heteroatoms. The van der Waals surface area contributed by atoms with Gasteiger partial charge in [-0.3, -0.25) is 14.2 Å². The predicted octanol–water partition coefficient (Wildman–Crippen LogP) is 6.39. The molecule has 5 nitrogen and oxygen atoms in total. The lowest BCUT2D eigenvalue weighted by Crippen LogP contribution is -2.23. The van der Waals surface area contributed by atoms with E-state index >= 15 is 0 Å². The fourth-order valence-corrected chi connectivity index (χ4v) is 4.60. The molecule has 0 saturated heterocycles. The Labute approximate surface area is 203 Å². The summed E-state index contributed by atoms with van der Waals surface area (Å²) < 4.78 is 1.50. The number of para-hydroxylation sites is 1. The van der Waals surface area contributed by atoms with E-state index in [0.717, 1.165) is 17.3 Å². The Hall–Kier alpha value is -2.51. The van der Waals surface area contributed by atoms with E-state index < -0.39 is 0 Å². The van der Waals surface area contributed by atoms with Crippen LogP contribution in [0.5, 0.6) is 0 Å². The maximum Gasteiger partial charge on any atom is 0.266 e. The molecular weight excluding hydrogens is 489 g/mol. The second kappa shape index (κ2) is 9.55. The van der Waals surface area contributed by atoms with Crippen molar-refractivity contribution in [2.75, 3.05) is 11.1 Å².